The minimum atomic E-state index is 0.133. The van der Waals surface area contributed by atoms with Gasteiger partial charge in [0.15, 0.2) is 0 Å². The van der Waals surface area contributed by atoms with E-state index in [0.29, 0.717) is 48.2 Å². The predicted molar refractivity (Wildman–Crippen MR) is 117 cm³/mol. The largest absolute Gasteiger partial charge is 0.493 e. The molecule has 6 N–H and O–H groups in total. The molecule has 0 bridgehead atoms. The number of aromatic nitrogens is 2. The van der Waals surface area contributed by atoms with Crippen LogP contribution in [0.5, 0.6) is 11.5 Å². The molecule has 1 heterocycles. The van der Waals surface area contributed by atoms with E-state index in [0.717, 1.165) is 22.3 Å². The summed E-state index contributed by atoms with van der Waals surface area (Å²) in [5.41, 5.74) is 21.5. The van der Waals surface area contributed by atoms with E-state index >= 15 is 0 Å². The molecule has 0 unspecified atom stereocenters. The van der Waals surface area contributed by atoms with Crippen molar-refractivity contribution in [2.45, 2.75) is 20.3 Å². The molecular formula is C22H24N6O2. The Morgan fingerprint density at radius 2 is 1.67 bits per heavy atom. The Morgan fingerprint density at radius 3 is 2.23 bits per heavy atom. The van der Waals surface area contributed by atoms with Gasteiger partial charge in [0.25, 0.3) is 0 Å². The molecule has 154 valence electrons. The Bertz CT molecular complexity index is 1080. The third-order valence-corrected chi connectivity index (χ3v) is 4.50. The van der Waals surface area contributed by atoms with Crippen LogP contribution in [-0.2, 0) is 6.42 Å². The Labute approximate surface area is 175 Å². The van der Waals surface area contributed by atoms with Gasteiger partial charge < -0.3 is 26.7 Å². The number of anilines is 3. The fourth-order valence-electron chi connectivity index (χ4n) is 3.17. The predicted octanol–water partition coefficient (Wildman–Crippen LogP) is 3.15. The molecule has 3 aromatic rings. The van der Waals surface area contributed by atoms with E-state index in [2.05, 4.69) is 16.0 Å². The number of nitrogen functional groups attached to an aromatic ring is 3. The molecule has 30 heavy (non-hydrogen) atoms. The van der Waals surface area contributed by atoms with E-state index in [1.165, 1.54) is 0 Å². The number of nitrogens with zero attached hydrogens (tertiary/aromatic N) is 3. The second-order valence-electron chi connectivity index (χ2n) is 6.56. The van der Waals surface area contributed by atoms with E-state index in [4.69, 9.17) is 26.7 Å². The minimum Gasteiger partial charge on any atom is -0.493 e. The maximum absolute atomic E-state index is 9.36. The number of benzene rings is 2. The standard InChI is InChI=1S/C22H24N6O2/c1-3-29-18-8-13(7-16-12-27-22(26)28-21(16)25)9-19(30-4-2)20(18)14-5-6-17(24)15(10-14)11-23/h5-6,8-10,12H,3-4,7,24H2,1-2H3,(H4,25,26,27,28). The van der Waals surface area contributed by atoms with E-state index in [1.807, 2.05) is 32.0 Å². The van der Waals surface area contributed by atoms with Crippen LogP contribution in [0, 0.1) is 11.3 Å². The Balaban J connectivity index is 2.14. The van der Waals surface area contributed by atoms with Gasteiger partial charge in [-0.15, -0.1) is 0 Å². The zero-order chi connectivity index (χ0) is 21.7. The van der Waals surface area contributed by atoms with Gasteiger partial charge in [0.2, 0.25) is 5.95 Å². The third kappa shape index (κ3) is 4.36. The van der Waals surface area contributed by atoms with Crippen LogP contribution in [0.3, 0.4) is 0 Å². The smallest absolute Gasteiger partial charge is 0.221 e. The number of nitriles is 1. The molecule has 0 saturated heterocycles. The minimum absolute atomic E-state index is 0.133. The van der Waals surface area contributed by atoms with Gasteiger partial charge in [-0.05, 0) is 49.2 Å². The van der Waals surface area contributed by atoms with Gasteiger partial charge in [-0.2, -0.15) is 10.2 Å². The molecule has 1 aromatic heterocycles. The number of ether oxygens (including phenoxy) is 2. The Kier molecular flexibility index (Phi) is 6.23. The molecule has 0 atom stereocenters. The zero-order valence-electron chi connectivity index (χ0n) is 17.0. The molecule has 0 aliphatic carbocycles. The van der Waals surface area contributed by atoms with Gasteiger partial charge in [-0.25, -0.2) is 4.98 Å². The molecule has 0 saturated carbocycles. The van der Waals surface area contributed by atoms with Crippen molar-refractivity contribution in [1.29, 1.82) is 5.26 Å². The lowest BCUT2D eigenvalue weighted by atomic mass is 9.97. The fraction of sp³-hybridized carbons (Fsp3) is 0.227. The summed E-state index contributed by atoms with van der Waals surface area (Å²) in [6.07, 6.45) is 2.10. The number of rotatable bonds is 7. The molecule has 0 amide bonds. The van der Waals surface area contributed by atoms with Gasteiger partial charge in [-0.3, -0.25) is 0 Å². The third-order valence-electron chi connectivity index (χ3n) is 4.50. The van der Waals surface area contributed by atoms with Crippen LogP contribution < -0.4 is 26.7 Å². The van der Waals surface area contributed by atoms with Crippen molar-refractivity contribution >= 4 is 17.5 Å². The molecule has 0 aliphatic rings. The lowest BCUT2D eigenvalue weighted by Gasteiger charge is -2.18. The molecule has 2 aromatic carbocycles. The average molecular weight is 404 g/mol. The highest BCUT2D eigenvalue weighted by molar-refractivity contribution is 5.80. The summed E-state index contributed by atoms with van der Waals surface area (Å²) in [7, 11) is 0. The van der Waals surface area contributed by atoms with Crippen LogP contribution >= 0.6 is 0 Å². The fourth-order valence-corrected chi connectivity index (χ4v) is 3.17. The van der Waals surface area contributed by atoms with Crippen molar-refractivity contribution in [2.24, 2.45) is 0 Å². The van der Waals surface area contributed by atoms with E-state index < -0.39 is 0 Å². The SMILES string of the molecule is CCOc1cc(Cc2cnc(N)nc2N)cc(OCC)c1-c1ccc(N)c(C#N)c1. The van der Waals surface area contributed by atoms with E-state index in [9.17, 15) is 5.26 Å². The molecule has 0 spiro atoms. The second-order valence-corrected chi connectivity index (χ2v) is 6.56. The average Bonchev–Trinajstić information content (AvgIpc) is 2.71. The summed E-state index contributed by atoms with van der Waals surface area (Å²) in [6, 6.07) is 11.3. The first-order valence-electron chi connectivity index (χ1n) is 9.56. The van der Waals surface area contributed by atoms with Crippen LogP contribution in [-0.4, -0.2) is 23.2 Å². The molecular weight excluding hydrogens is 380 g/mol. The summed E-state index contributed by atoms with van der Waals surface area (Å²) in [4.78, 5) is 8.05. The highest BCUT2D eigenvalue weighted by atomic mass is 16.5. The highest BCUT2D eigenvalue weighted by Gasteiger charge is 2.18. The van der Waals surface area contributed by atoms with Crippen molar-refractivity contribution in [3.8, 4) is 28.7 Å². The van der Waals surface area contributed by atoms with Gasteiger partial charge >= 0.3 is 0 Å². The summed E-state index contributed by atoms with van der Waals surface area (Å²) >= 11 is 0. The van der Waals surface area contributed by atoms with E-state index in [1.54, 1.807) is 18.3 Å². The summed E-state index contributed by atoms with van der Waals surface area (Å²) in [5, 5.41) is 9.36. The van der Waals surface area contributed by atoms with Gasteiger partial charge in [0, 0.05) is 23.9 Å². The van der Waals surface area contributed by atoms with Gasteiger partial charge in [-0.1, -0.05) is 6.07 Å². The van der Waals surface area contributed by atoms with Crippen LogP contribution in [0.4, 0.5) is 17.5 Å². The quantitative estimate of drug-likeness (QED) is 0.509. The number of nitrogens with two attached hydrogens (primary N) is 3. The topological polar surface area (TPSA) is 146 Å². The summed E-state index contributed by atoms with van der Waals surface area (Å²) in [6.45, 7) is 4.75. The maximum atomic E-state index is 9.36. The van der Waals surface area contributed by atoms with Crippen molar-refractivity contribution in [3.05, 3.63) is 53.2 Å². The summed E-state index contributed by atoms with van der Waals surface area (Å²) in [5.74, 6) is 1.75. The first-order chi connectivity index (χ1) is 14.5. The number of hydrogen-bond donors (Lipinski definition) is 3. The van der Waals surface area contributed by atoms with Crippen molar-refractivity contribution in [3.63, 3.8) is 0 Å². The normalized spacial score (nSPS) is 10.4. The van der Waals surface area contributed by atoms with Crippen molar-refractivity contribution in [1.82, 2.24) is 9.97 Å². The zero-order valence-corrected chi connectivity index (χ0v) is 17.0. The molecule has 8 heteroatoms. The first kappa shape index (κ1) is 20.7. The molecule has 8 nitrogen and oxygen atoms in total. The Hall–Kier alpha value is -3.99. The van der Waals surface area contributed by atoms with Crippen molar-refractivity contribution in [2.75, 3.05) is 30.4 Å². The number of hydrogen-bond acceptors (Lipinski definition) is 8. The maximum Gasteiger partial charge on any atom is 0.221 e. The van der Waals surface area contributed by atoms with Crippen LogP contribution in [0.25, 0.3) is 11.1 Å². The van der Waals surface area contributed by atoms with Crippen LogP contribution in [0.2, 0.25) is 0 Å². The molecule has 0 radical (unpaired) electrons. The van der Waals surface area contributed by atoms with E-state index in [-0.39, 0.29) is 5.95 Å². The van der Waals surface area contributed by atoms with Crippen molar-refractivity contribution < 1.29 is 9.47 Å². The van der Waals surface area contributed by atoms with Gasteiger partial charge in [0.05, 0.1) is 24.3 Å². The Morgan fingerprint density at radius 1 is 1.00 bits per heavy atom. The first-order valence-corrected chi connectivity index (χ1v) is 9.56. The van der Waals surface area contributed by atoms with Gasteiger partial charge in [0.1, 0.15) is 23.4 Å². The lowest BCUT2D eigenvalue weighted by molar-refractivity contribution is 0.325. The van der Waals surface area contributed by atoms with Crippen LogP contribution in [0.15, 0.2) is 36.5 Å². The monoisotopic (exact) mass is 404 g/mol. The second kappa shape index (κ2) is 9.01. The molecule has 3 rings (SSSR count). The lowest BCUT2D eigenvalue weighted by Crippen LogP contribution is -2.05. The van der Waals surface area contributed by atoms with Crippen LogP contribution in [0.1, 0.15) is 30.5 Å². The molecule has 0 aliphatic heterocycles. The molecule has 0 fully saturated rings. The highest BCUT2D eigenvalue weighted by Crippen LogP contribution is 2.41. The summed E-state index contributed by atoms with van der Waals surface area (Å²) < 4.78 is 11.9.